The Kier molecular flexibility index (Phi) is 8.72. The van der Waals surface area contributed by atoms with E-state index in [0.717, 1.165) is 55.9 Å². The molecule has 1 fully saturated rings. The Morgan fingerprint density at radius 3 is 2.56 bits per heavy atom. The Bertz CT molecular complexity index is 1430. The number of halogens is 1. The van der Waals surface area contributed by atoms with Crippen molar-refractivity contribution < 1.29 is 19.0 Å². The number of benzene rings is 3. The molecule has 3 aromatic carbocycles. The minimum atomic E-state index is -0.269. The van der Waals surface area contributed by atoms with Crippen LogP contribution in [0.3, 0.4) is 0 Å². The van der Waals surface area contributed by atoms with Crippen LogP contribution in [0, 0.1) is 0 Å². The van der Waals surface area contributed by atoms with Crippen molar-refractivity contribution in [1.29, 1.82) is 0 Å². The van der Waals surface area contributed by atoms with Gasteiger partial charge in [0.2, 0.25) is 0 Å². The normalized spacial score (nSPS) is 13.7. The van der Waals surface area contributed by atoms with Crippen LogP contribution in [-0.4, -0.2) is 67.3 Å². The maximum absolute atomic E-state index is 12.5. The predicted octanol–water partition coefficient (Wildman–Crippen LogP) is 5.39. The third-order valence-electron chi connectivity index (χ3n) is 6.42. The quantitative estimate of drug-likeness (QED) is 0.255. The number of nitrogens with one attached hydrogen (secondary N) is 2. The third kappa shape index (κ3) is 6.75. The number of amides is 1. The third-order valence-corrected chi connectivity index (χ3v) is 6.75. The number of rotatable bonds is 10. The van der Waals surface area contributed by atoms with Gasteiger partial charge in [0.05, 0.1) is 43.0 Å². The Morgan fingerprint density at radius 2 is 1.79 bits per heavy atom. The van der Waals surface area contributed by atoms with Crippen molar-refractivity contribution in [3.63, 3.8) is 0 Å². The maximum atomic E-state index is 12.5. The van der Waals surface area contributed by atoms with Crippen molar-refractivity contribution in [3.8, 4) is 11.5 Å². The summed E-state index contributed by atoms with van der Waals surface area (Å²) in [5, 5.41) is 7.40. The number of morpholine rings is 1. The van der Waals surface area contributed by atoms with Crippen LogP contribution < -0.4 is 20.1 Å². The number of carbonyl (C=O) groups excluding carboxylic acids is 1. The first-order valence-electron chi connectivity index (χ1n) is 12.8. The van der Waals surface area contributed by atoms with Gasteiger partial charge in [-0.25, -0.2) is 9.97 Å². The molecular weight excluding hydrogens is 518 g/mol. The summed E-state index contributed by atoms with van der Waals surface area (Å²) in [6, 6.07) is 18.0. The number of carbonyl (C=O) groups is 1. The van der Waals surface area contributed by atoms with Crippen molar-refractivity contribution in [1.82, 2.24) is 14.9 Å². The molecule has 0 spiro atoms. The number of anilines is 3. The van der Waals surface area contributed by atoms with Gasteiger partial charge in [0.15, 0.2) is 11.5 Å². The number of hydrogen-bond donors (Lipinski definition) is 2. The molecule has 0 saturated carbocycles. The molecule has 39 heavy (non-hydrogen) atoms. The molecule has 1 aliphatic heterocycles. The van der Waals surface area contributed by atoms with Crippen molar-refractivity contribution >= 4 is 45.6 Å². The summed E-state index contributed by atoms with van der Waals surface area (Å²) >= 11 is 6.14. The summed E-state index contributed by atoms with van der Waals surface area (Å²) < 4.78 is 17.1. The van der Waals surface area contributed by atoms with E-state index in [1.165, 1.54) is 6.33 Å². The van der Waals surface area contributed by atoms with E-state index in [1.807, 2.05) is 36.4 Å². The van der Waals surface area contributed by atoms with Gasteiger partial charge < -0.3 is 24.8 Å². The van der Waals surface area contributed by atoms with E-state index < -0.39 is 0 Å². The van der Waals surface area contributed by atoms with Crippen LogP contribution in [0.1, 0.15) is 16.8 Å². The second-order valence-electron chi connectivity index (χ2n) is 9.03. The van der Waals surface area contributed by atoms with Crippen LogP contribution in [0.5, 0.6) is 11.5 Å². The summed E-state index contributed by atoms with van der Waals surface area (Å²) in [5.41, 5.74) is 2.60. The van der Waals surface area contributed by atoms with E-state index in [1.54, 1.807) is 31.4 Å². The number of nitrogens with zero attached hydrogens (tertiary/aromatic N) is 3. The summed E-state index contributed by atoms with van der Waals surface area (Å²) in [4.78, 5) is 23.8. The lowest BCUT2D eigenvalue weighted by molar-refractivity contribution is 0.0357. The minimum Gasteiger partial charge on any atom is -0.493 e. The first kappa shape index (κ1) is 26.7. The number of ether oxygens (including phenoxy) is 3. The number of aromatic nitrogens is 2. The molecule has 1 amide bonds. The van der Waals surface area contributed by atoms with Gasteiger partial charge in [0, 0.05) is 42.5 Å². The molecule has 1 saturated heterocycles. The Morgan fingerprint density at radius 1 is 1.03 bits per heavy atom. The van der Waals surface area contributed by atoms with E-state index in [4.69, 9.17) is 25.8 Å². The lowest BCUT2D eigenvalue weighted by Crippen LogP contribution is -2.37. The largest absolute Gasteiger partial charge is 0.493 e. The zero-order valence-electron chi connectivity index (χ0n) is 21.7. The average Bonchev–Trinajstić information content (AvgIpc) is 2.97. The monoisotopic (exact) mass is 547 g/mol. The van der Waals surface area contributed by atoms with Crippen LogP contribution >= 0.6 is 11.6 Å². The lowest BCUT2D eigenvalue weighted by Gasteiger charge is -2.26. The first-order valence-corrected chi connectivity index (χ1v) is 13.2. The van der Waals surface area contributed by atoms with E-state index in [2.05, 4.69) is 25.5 Å². The highest BCUT2D eigenvalue weighted by atomic mass is 35.5. The minimum absolute atomic E-state index is 0.269. The average molecular weight is 548 g/mol. The highest BCUT2D eigenvalue weighted by Crippen LogP contribution is 2.35. The molecule has 9 nitrogen and oxygen atoms in total. The summed E-state index contributed by atoms with van der Waals surface area (Å²) in [6.45, 7) is 5.06. The van der Waals surface area contributed by atoms with Gasteiger partial charge in [0.1, 0.15) is 12.1 Å². The fraction of sp³-hybridized carbons (Fsp3) is 0.276. The molecule has 0 aliphatic carbocycles. The second kappa shape index (κ2) is 12.8. The smallest absolute Gasteiger partial charge is 0.257 e. The SMILES string of the molecule is COc1cc2c(Nc3ccc(NC(=O)c4ccccc4Cl)cc3)ncnc2cc1OCCCN1CCOCC1. The van der Waals surface area contributed by atoms with Crippen molar-refractivity contribution in [2.75, 3.05) is 57.2 Å². The molecule has 5 rings (SSSR count). The molecule has 1 aliphatic rings. The van der Waals surface area contributed by atoms with Crippen molar-refractivity contribution in [2.24, 2.45) is 0 Å². The Labute approximate surface area is 232 Å². The topological polar surface area (TPSA) is 97.8 Å². The molecule has 4 aromatic rings. The van der Waals surface area contributed by atoms with Gasteiger partial charge in [-0.1, -0.05) is 23.7 Å². The molecule has 0 unspecified atom stereocenters. The van der Waals surface area contributed by atoms with Crippen LogP contribution in [-0.2, 0) is 4.74 Å². The molecule has 202 valence electrons. The van der Waals surface area contributed by atoms with Crippen LogP contribution in [0.25, 0.3) is 10.9 Å². The number of fused-ring (bicyclic) bond motifs is 1. The van der Waals surface area contributed by atoms with Gasteiger partial charge in [-0.3, -0.25) is 9.69 Å². The summed E-state index contributed by atoms with van der Waals surface area (Å²) in [6.07, 6.45) is 2.42. The van der Waals surface area contributed by atoms with Crippen LogP contribution in [0.4, 0.5) is 17.2 Å². The van der Waals surface area contributed by atoms with Gasteiger partial charge in [-0.2, -0.15) is 0 Å². The van der Waals surface area contributed by atoms with E-state index in [0.29, 0.717) is 40.2 Å². The fourth-order valence-electron chi connectivity index (χ4n) is 4.35. The summed E-state index contributed by atoms with van der Waals surface area (Å²) in [5.74, 6) is 1.62. The highest BCUT2D eigenvalue weighted by molar-refractivity contribution is 6.34. The van der Waals surface area contributed by atoms with Crippen LogP contribution in [0.15, 0.2) is 67.0 Å². The molecule has 0 atom stereocenters. The molecule has 2 heterocycles. The van der Waals surface area contributed by atoms with Crippen molar-refractivity contribution in [3.05, 3.63) is 77.6 Å². The number of methoxy groups -OCH3 is 1. The number of hydrogen-bond acceptors (Lipinski definition) is 8. The Balaban J connectivity index is 1.24. The highest BCUT2D eigenvalue weighted by Gasteiger charge is 2.14. The molecule has 1 aromatic heterocycles. The zero-order valence-corrected chi connectivity index (χ0v) is 22.4. The van der Waals surface area contributed by atoms with Gasteiger partial charge in [-0.15, -0.1) is 0 Å². The first-order chi connectivity index (χ1) is 19.1. The molecular formula is C29H30ClN5O4. The zero-order chi connectivity index (χ0) is 27.0. The maximum Gasteiger partial charge on any atom is 0.257 e. The van der Waals surface area contributed by atoms with Gasteiger partial charge in [-0.05, 0) is 48.9 Å². The lowest BCUT2D eigenvalue weighted by atomic mass is 10.2. The fourth-order valence-corrected chi connectivity index (χ4v) is 4.57. The standard InChI is InChI=1S/C29H30ClN5O4/c1-37-26-17-23-25(18-27(26)39-14-4-11-35-12-15-38-16-13-35)31-19-32-28(23)33-20-7-9-21(10-8-20)34-29(36)22-5-2-3-6-24(22)30/h2-3,5-10,17-19H,4,11-16H2,1H3,(H,34,36)(H,31,32,33). The molecule has 2 N–H and O–H groups in total. The van der Waals surface area contributed by atoms with E-state index in [-0.39, 0.29) is 5.91 Å². The Hall–Kier alpha value is -3.92. The van der Waals surface area contributed by atoms with Crippen molar-refractivity contribution in [2.45, 2.75) is 6.42 Å². The van der Waals surface area contributed by atoms with Gasteiger partial charge in [0.25, 0.3) is 5.91 Å². The second-order valence-corrected chi connectivity index (χ2v) is 9.44. The van der Waals surface area contributed by atoms with E-state index in [9.17, 15) is 4.79 Å². The van der Waals surface area contributed by atoms with Gasteiger partial charge >= 0.3 is 0 Å². The van der Waals surface area contributed by atoms with E-state index >= 15 is 0 Å². The molecule has 10 heteroatoms. The molecule has 0 radical (unpaired) electrons. The summed E-state index contributed by atoms with van der Waals surface area (Å²) in [7, 11) is 1.62. The predicted molar refractivity (Wildman–Crippen MR) is 153 cm³/mol. The molecule has 0 bridgehead atoms. The van der Waals surface area contributed by atoms with Crippen LogP contribution in [0.2, 0.25) is 5.02 Å².